The summed E-state index contributed by atoms with van der Waals surface area (Å²) in [4.78, 5) is 0. The number of hydrazone groups is 1. The summed E-state index contributed by atoms with van der Waals surface area (Å²) in [5, 5.41) is 17.1. The third kappa shape index (κ3) is 2.51. The Morgan fingerprint density at radius 3 is 2.72 bits per heavy atom. The first kappa shape index (κ1) is 15.8. The summed E-state index contributed by atoms with van der Waals surface area (Å²) >= 11 is 0. The van der Waals surface area contributed by atoms with Gasteiger partial charge in [-0.3, -0.25) is 0 Å². The van der Waals surface area contributed by atoms with Crippen molar-refractivity contribution in [3.8, 4) is 17.2 Å². The maximum atomic E-state index is 10.2. The molecule has 0 saturated heterocycles. The molecular formula is C20H22N2O3. The minimum Gasteiger partial charge on any atom is -0.507 e. The Morgan fingerprint density at radius 2 is 2.00 bits per heavy atom. The molecule has 5 nitrogen and oxygen atoms in total. The number of benzene rings is 2. The second kappa shape index (κ2) is 5.99. The van der Waals surface area contributed by atoms with Crippen LogP contribution in [0.2, 0.25) is 0 Å². The molecule has 2 aliphatic rings. The zero-order valence-electron chi connectivity index (χ0n) is 14.6. The SMILES string of the molecule is COc1cccc2c1O[C@@H](C(C)C)N1N=C(c3ccccc3O)C[C@@H]21. The van der Waals surface area contributed by atoms with Gasteiger partial charge in [-0.05, 0) is 18.2 Å². The van der Waals surface area contributed by atoms with Gasteiger partial charge in [-0.25, -0.2) is 5.01 Å². The topological polar surface area (TPSA) is 54.3 Å². The van der Waals surface area contributed by atoms with Crippen molar-refractivity contribution in [1.29, 1.82) is 0 Å². The molecule has 0 aliphatic carbocycles. The van der Waals surface area contributed by atoms with Crippen molar-refractivity contribution in [2.24, 2.45) is 11.0 Å². The first-order chi connectivity index (χ1) is 12.1. The second-order valence-corrected chi connectivity index (χ2v) is 6.79. The number of aromatic hydroxyl groups is 1. The van der Waals surface area contributed by atoms with Crippen LogP contribution in [-0.2, 0) is 0 Å². The first-order valence-corrected chi connectivity index (χ1v) is 8.58. The van der Waals surface area contributed by atoms with Crippen molar-refractivity contribution in [2.75, 3.05) is 7.11 Å². The molecule has 0 aromatic heterocycles. The average molecular weight is 338 g/mol. The van der Waals surface area contributed by atoms with Crippen LogP contribution in [0.3, 0.4) is 0 Å². The van der Waals surface area contributed by atoms with Crippen LogP contribution in [0.4, 0.5) is 0 Å². The highest BCUT2D eigenvalue weighted by atomic mass is 16.5. The Bertz CT molecular complexity index is 831. The van der Waals surface area contributed by atoms with Crippen LogP contribution < -0.4 is 9.47 Å². The van der Waals surface area contributed by atoms with E-state index in [0.29, 0.717) is 0 Å². The maximum Gasteiger partial charge on any atom is 0.190 e. The van der Waals surface area contributed by atoms with E-state index in [1.165, 1.54) is 0 Å². The molecule has 0 amide bonds. The smallest absolute Gasteiger partial charge is 0.190 e. The molecule has 0 radical (unpaired) electrons. The molecule has 0 spiro atoms. The molecule has 0 fully saturated rings. The quantitative estimate of drug-likeness (QED) is 0.921. The van der Waals surface area contributed by atoms with Gasteiger partial charge in [0.25, 0.3) is 0 Å². The van der Waals surface area contributed by atoms with Gasteiger partial charge in [-0.1, -0.05) is 38.1 Å². The van der Waals surface area contributed by atoms with Crippen molar-refractivity contribution in [3.63, 3.8) is 0 Å². The molecule has 5 heteroatoms. The second-order valence-electron chi connectivity index (χ2n) is 6.79. The number of hydrogen-bond donors (Lipinski definition) is 1. The lowest BCUT2D eigenvalue weighted by molar-refractivity contribution is -0.0476. The van der Waals surface area contributed by atoms with Gasteiger partial charge < -0.3 is 14.6 Å². The zero-order chi connectivity index (χ0) is 17.6. The molecule has 2 aromatic rings. The molecule has 130 valence electrons. The van der Waals surface area contributed by atoms with Gasteiger partial charge in [-0.15, -0.1) is 0 Å². The predicted octanol–water partition coefficient (Wildman–Crippen LogP) is 3.93. The molecule has 4 rings (SSSR count). The van der Waals surface area contributed by atoms with E-state index >= 15 is 0 Å². The van der Waals surface area contributed by atoms with Crippen molar-refractivity contribution < 1.29 is 14.6 Å². The van der Waals surface area contributed by atoms with Gasteiger partial charge in [-0.2, -0.15) is 5.10 Å². The van der Waals surface area contributed by atoms with Crippen molar-refractivity contribution in [2.45, 2.75) is 32.5 Å². The number of methoxy groups -OCH3 is 1. The fraction of sp³-hybridized carbons (Fsp3) is 0.350. The number of phenols is 1. The lowest BCUT2D eigenvalue weighted by Crippen LogP contribution is -2.43. The minimum atomic E-state index is -0.169. The van der Waals surface area contributed by atoms with Crippen molar-refractivity contribution >= 4 is 5.71 Å². The largest absolute Gasteiger partial charge is 0.507 e. The normalized spacial score (nSPS) is 21.4. The number of phenolic OH excluding ortho intramolecular Hbond substituents is 1. The van der Waals surface area contributed by atoms with Gasteiger partial charge in [0.15, 0.2) is 17.7 Å². The van der Waals surface area contributed by atoms with Crippen molar-refractivity contribution in [1.82, 2.24) is 5.01 Å². The summed E-state index contributed by atoms with van der Waals surface area (Å²) in [5.74, 6) is 2.07. The molecule has 1 N–H and O–H groups in total. The summed E-state index contributed by atoms with van der Waals surface area (Å²) in [7, 11) is 1.66. The summed E-state index contributed by atoms with van der Waals surface area (Å²) in [5.41, 5.74) is 2.74. The van der Waals surface area contributed by atoms with E-state index < -0.39 is 0 Å². The van der Waals surface area contributed by atoms with E-state index in [-0.39, 0.29) is 23.9 Å². The van der Waals surface area contributed by atoms with Crippen molar-refractivity contribution in [3.05, 3.63) is 53.6 Å². The number of ether oxygens (including phenoxy) is 2. The predicted molar refractivity (Wildman–Crippen MR) is 96.1 cm³/mol. The highest BCUT2D eigenvalue weighted by molar-refractivity contribution is 6.04. The minimum absolute atomic E-state index is 0.0841. The maximum absolute atomic E-state index is 10.2. The molecule has 0 unspecified atom stereocenters. The van der Waals surface area contributed by atoms with Crippen LogP contribution in [0.5, 0.6) is 17.2 Å². The Kier molecular flexibility index (Phi) is 3.79. The molecule has 0 saturated carbocycles. The van der Waals surface area contributed by atoms with Crippen LogP contribution >= 0.6 is 0 Å². The highest BCUT2D eigenvalue weighted by Crippen LogP contribution is 2.48. The van der Waals surface area contributed by atoms with E-state index in [2.05, 4.69) is 19.9 Å². The summed E-state index contributed by atoms with van der Waals surface area (Å²) < 4.78 is 11.8. The lowest BCUT2D eigenvalue weighted by atomic mass is 9.95. The highest BCUT2D eigenvalue weighted by Gasteiger charge is 2.42. The zero-order valence-corrected chi connectivity index (χ0v) is 14.6. The molecule has 2 heterocycles. The number of fused-ring (bicyclic) bond motifs is 3. The Morgan fingerprint density at radius 1 is 1.20 bits per heavy atom. The number of rotatable bonds is 3. The third-order valence-electron chi connectivity index (χ3n) is 4.82. The van der Waals surface area contributed by atoms with Gasteiger partial charge >= 0.3 is 0 Å². The van der Waals surface area contributed by atoms with E-state index in [4.69, 9.17) is 14.6 Å². The summed E-state index contributed by atoms with van der Waals surface area (Å²) in [6.45, 7) is 4.24. The fourth-order valence-corrected chi connectivity index (χ4v) is 3.59. The van der Waals surface area contributed by atoms with Crippen LogP contribution in [-0.4, -0.2) is 29.2 Å². The van der Waals surface area contributed by atoms with Gasteiger partial charge in [0, 0.05) is 23.5 Å². The summed E-state index contributed by atoms with van der Waals surface area (Å²) in [6, 6.07) is 13.4. The molecule has 0 bridgehead atoms. The average Bonchev–Trinajstić information content (AvgIpc) is 3.05. The first-order valence-electron chi connectivity index (χ1n) is 8.58. The standard InChI is InChI=1S/C20H22N2O3/c1-12(2)20-22-16(14-8-6-10-18(24-3)19(14)25-20)11-15(21-22)13-7-4-5-9-17(13)23/h4-10,12,16,20,23H,11H2,1-3H3/t16-,20-/m0/s1. The molecule has 2 aliphatic heterocycles. The van der Waals surface area contributed by atoms with Crippen LogP contribution in [0, 0.1) is 5.92 Å². The Hall–Kier alpha value is -2.69. The molecule has 2 aromatic carbocycles. The van der Waals surface area contributed by atoms with E-state index in [9.17, 15) is 5.11 Å². The van der Waals surface area contributed by atoms with E-state index in [1.54, 1.807) is 13.2 Å². The molecular weight excluding hydrogens is 316 g/mol. The molecule has 25 heavy (non-hydrogen) atoms. The van der Waals surface area contributed by atoms with E-state index in [0.717, 1.165) is 34.8 Å². The Labute approximate surface area is 147 Å². The van der Waals surface area contributed by atoms with Gasteiger partial charge in [0.2, 0.25) is 0 Å². The third-order valence-corrected chi connectivity index (χ3v) is 4.82. The monoisotopic (exact) mass is 338 g/mol. The van der Waals surface area contributed by atoms with Crippen LogP contribution in [0.25, 0.3) is 0 Å². The van der Waals surface area contributed by atoms with Crippen LogP contribution in [0.15, 0.2) is 47.6 Å². The van der Waals surface area contributed by atoms with Gasteiger partial charge in [0.1, 0.15) is 5.75 Å². The number of hydrogen-bond acceptors (Lipinski definition) is 5. The summed E-state index contributed by atoms with van der Waals surface area (Å²) in [6.07, 6.45) is 0.557. The number of nitrogens with zero attached hydrogens (tertiary/aromatic N) is 2. The number of para-hydroxylation sites is 2. The van der Waals surface area contributed by atoms with E-state index in [1.807, 2.05) is 35.3 Å². The van der Waals surface area contributed by atoms with Gasteiger partial charge in [0.05, 0.1) is 18.9 Å². The molecule has 2 atom stereocenters. The fourth-order valence-electron chi connectivity index (χ4n) is 3.59. The van der Waals surface area contributed by atoms with Crippen LogP contribution in [0.1, 0.15) is 37.4 Å². The lowest BCUT2D eigenvalue weighted by Gasteiger charge is -2.40. The Balaban J connectivity index is 1.79.